The van der Waals surface area contributed by atoms with Crippen LogP contribution in [-0.4, -0.2) is 75.6 Å². The van der Waals surface area contributed by atoms with E-state index < -0.39 is 10.0 Å². The summed E-state index contributed by atoms with van der Waals surface area (Å²) in [4.78, 5) is 15.9. The van der Waals surface area contributed by atoms with E-state index in [4.69, 9.17) is 9.47 Å². The number of likely N-dealkylation sites (tertiary alicyclic amines) is 1. The molecule has 0 bridgehead atoms. The van der Waals surface area contributed by atoms with Crippen molar-refractivity contribution in [1.82, 2.24) is 14.5 Å². The number of amides is 1. The Labute approximate surface area is 258 Å². The van der Waals surface area contributed by atoms with Crippen LogP contribution in [0.2, 0.25) is 0 Å². The molecule has 1 N–H and O–H groups in total. The average molecular weight is 612 g/mol. The minimum atomic E-state index is -3.72. The topological polar surface area (TPSA) is 88.2 Å². The van der Waals surface area contributed by atoms with Gasteiger partial charge in [-0.15, -0.1) is 0 Å². The summed E-state index contributed by atoms with van der Waals surface area (Å²) in [5, 5.41) is 3.20. The van der Waals surface area contributed by atoms with E-state index in [-0.39, 0.29) is 31.2 Å². The maximum absolute atomic E-state index is 13.8. The van der Waals surface area contributed by atoms with Crippen LogP contribution in [0.5, 0.6) is 5.75 Å². The van der Waals surface area contributed by atoms with E-state index in [1.807, 2.05) is 13.8 Å². The second-order valence-electron chi connectivity index (χ2n) is 12.6. The number of carbonyl (C=O) groups excluding carboxylic acids is 1. The van der Waals surface area contributed by atoms with Crippen molar-refractivity contribution in [3.8, 4) is 5.75 Å². The van der Waals surface area contributed by atoms with Crippen LogP contribution in [-0.2, 0) is 19.6 Å². The fourth-order valence-corrected chi connectivity index (χ4v) is 9.69. The molecule has 8 nitrogen and oxygen atoms in total. The lowest BCUT2D eigenvalue weighted by Gasteiger charge is -2.39. The molecule has 0 radical (unpaired) electrons. The van der Waals surface area contributed by atoms with Gasteiger partial charge >= 0.3 is 0 Å². The summed E-state index contributed by atoms with van der Waals surface area (Å²) in [5.74, 6) is 1.13. The Morgan fingerprint density at radius 2 is 1.58 bits per heavy atom. The third-order valence-electron chi connectivity index (χ3n) is 9.61. The van der Waals surface area contributed by atoms with Gasteiger partial charge in [0.15, 0.2) is 0 Å². The quantitative estimate of drug-likeness (QED) is 0.367. The molecule has 0 aromatic heterocycles. The van der Waals surface area contributed by atoms with E-state index in [0.29, 0.717) is 40.3 Å². The van der Waals surface area contributed by atoms with Gasteiger partial charge in [0.1, 0.15) is 12.4 Å². The highest BCUT2D eigenvalue weighted by molar-refractivity contribution is 7.89. The van der Waals surface area contributed by atoms with Crippen LogP contribution in [0, 0.1) is 19.8 Å². The van der Waals surface area contributed by atoms with Crippen molar-refractivity contribution in [2.45, 2.75) is 94.7 Å². The highest BCUT2D eigenvalue weighted by atomic mass is 32.2. The molecule has 3 aliphatic rings. The maximum atomic E-state index is 13.8. The molecule has 2 saturated heterocycles. The Balaban J connectivity index is 1.12. The number of piperidine rings is 1. The van der Waals surface area contributed by atoms with Crippen LogP contribution in [0.15, 0.2) is 47.4 Å². The van der Waals surface area contributed by atoms with Gasteiger partial charge in [-0.25, -0.2) is 8.42 Å². The zero-order valence-corrected chi connectivity index (χ0v) is 26.9. The van der Waals surface area contributed by atoms with Crippen molar-refractivity contribution in [2.24, 2.45) is 5.92 Å². The first kappa shape index (κ1) is 31.9. The fraction of sp³-hybridized carbons (Fsp3) is 0.618. The molecular formula is C34H49N3O5S. The summed E-state index contributed by atoms with van der Waals surface area (Å²) in [5.41, 5.74) is 2.76. The van der Waals surface area contributed by atoms with Gasteiger partial charge in [-0.2, -0.15) is 4.31 Å². The van der Waals surface area contributed by atoms with E-state index in [1.54, 1.807) is 23.5 Å². The molecule has 2 atom stereocenters. The molecule has 0 spiro atoms. The number of carbonyl (C=O) groups is 1. The van der Waals surface area contributed by atoms with Crippen molar-refractivity contribution in [2.75, 3.05) is 40.0 Å². The van der Waals surface area contributed by atoms with Crippen molar-refractivity contribution in [3.63, 3.8) is 0 Å². The minimum absolute atomic E-state index is 0.0503. The van der Waals surface area contributed by atoms with E-state index in [2.05, 4.69) is 40.5 Å². The monoisotopic (exact) mass is 611 g/mol. The van der Waals surface area contributed by atoms with Crippen LogP contribution in [0.25, 0.3) is 0 Å². The van der Waals surface area contributed by atoms with E-state index in [0.717, 1.165) is 44.9 Å². The molecular weight excluding hydrogens is 562 g/mol. The molecule has 236 valence electrons. The molecule has 1 aliphatic carbocycles. The Morgan fingerprint density at radius 3 is 2.23 bits per heavy atom. The number of rotatable bonds is 11. The summed E-state index contributed by atoms with van der Waals surface area (Å²) in [7, 11) is -2.13. The number of nitrogens with one attached hydrogen (secondary N) is 1. The third-order valence-corrected chi connectivity index (χ3v) is 11.9. The fourth-order valence-electron chi connectivity index (χ4n) is 7.60. The number of hydrogen-bond donors (Lipinski definition) is 1. The van der Waals surface area contributed by atoms with Crippen LogP contribution < -0.4 is 10.1 Å². The van der Waals surface area contributed by atoms with Crippen LogP contribution in [0.1, 0.15) is 80.5 Å². The van der Waals surface area contributed by atoms with Crippen LogP contribution >= 0.6 is 0 Å². The Morgan fingerprint density at radius 1 is 0.930 bits per heavy atom. The number of hydrogen-bond acceptors (Lipinski definition) is 6. The summed E-state index contributed by atoms with van der Waals surface area (Å²) < 4.78 is 40.4. The Bertz CT molecular complexity index is 1300. The van der Waals surface area contributed by atoms with Crippen molar-refractivity contribution in [3.05, 3.63) is 59.2 Å². The Hall–Kier alpha value is -2.46. The Kier molecular flexibility index (Phi) is 10.8. The first-order valence-corrected chi connectivity index (χ1v) is 17.5. The van der Waals surface area contributed by atoms with E-state index >= 15 is 0 Å². The molecule has 5 rings (SSSR count). The van der Waals surface area contributed by atoms with Crippen LogP contribution in [0.4, 0.5) is 0 Å². The van der Waals surface area contributed by atoms with Crippen molar-refractivity contribution in [1.29, 1.82) is 0 Å². The molecule has 2 aliphatic heterocycles. The summed E-state index contributed by atoms with van der Waals surface area (Å²) >= 11 is 0. The summed E-state index contributed by atoms with van der Waals surface area (Å²) in [6.45, 7) is 6.58. The van der Waals surface area contributed by atoms with E-state index in [1.165, 1.54) is 31.5 Å². The highest BCUT2D eigenvalue weighted by Crippen LogP contribution is 2.40. The molecule has 2 aromatic rings. The molecule has 1 saturated carbocycles. The van der Waals surface area contributed by atoms with Crippen molar-refractivity contribution >= 4 is 15.9 Å². The van der Waals surface area contributed by atoms with Gasteiger partial charge in [-0.3, -0.25) is 9.69 Å². The summed E-state index contributed by atoms with van der Waals surface area (Å²) in [6, 6.07) is 14.8. The standard InChI is InChI=1S/C34H49N3O5S/c1-25-21-31(41-3)22-26(2)34(25)43(39,40)37-20-8-7-13-30(37)23-42-24-32(38)35-29-16-14-28(15-17-29)33(36-18-9-10-19-36)27-11-5-4-6-12-27/h4-6,11-12,21-22,28-30,33H,7-10,13-20,23-24H2,1-3H3,(H,35,38). The molecule has 43 heavy (non-hydrogen) atoms. The lowest BCUT2D eigenvalue weighted by molar-refractivity contribution is -0.127. The van der Waals surface area contributed by atoms with Gasteiger partial charge in [0.25, 0.3) is 0 Å². The largest absolute Gasteiger partial charge is 0.497 e. The molecule has 2 unspecified atom stereocenters. The predicted octanol–water partition coefficient (Wildman–Crippen LogP) is 5.38. The molecule has 1 amide bonds. The number of aryl methyl sites for hydroxylation is 2. The zero-order chi connectivity index (χ0) is 30.4. The lowest BCUT2D eigenvalue weighted by Crippen LogP contribution is -2.47. The summed E-state index contributed by atoms with van der Waals surface area (Å²) in [6.07, 6.45) is 9.18. The maximum Gasteiger partial charge on any atom is 0.246 e. The zero-order valence-electron chi connectivity index (χ0n) is 26.1. The number of nitrogens with zero attached hydrogens (tertiary/aromatic N) is 2. The van der Waals surface area contributed by atoms with Gasteiger partial charge in [-0.1, -0.05) is 36.8 Å². The molecule has 2 aromatic carbocycles. The predicted molar refractivity (Wildman–Crippen MR) is 169 cm³/mol. The molecule has 9 heteroatoms. The number of methoxy groups -OCH3 is 1. The first-order chi connectivity index (χ1) is 20.8. The minimum Gasteiger partial charge on any atom is -0.497 e. The molecule has 3 fully saturated rings. The number of benzene rings is 2. The normalized spacial score (nSPS) is 24.5. The first-order valence-electron chi connectivity index (χ1n) is 16.1. The third kappa shape index (κ3) is 7.62. The highest BCUT2D eigenvalue weighted by Gasteiger charge is 2.36. The molecule has 2 heterocycles. The van der Waals surface area contributed by atoms with E-state index in [9.17, 15) is 13.2 Å². The van der Waals surface area contributed by atoms with Gasteiger partial charge in [0, 0.05) is 24.7 Å². The van der Waals surface area contributed by atoms with Gasteiger partial charge in [0.05, 0.1) is 18.6 Å². The second-order valence-corrected chi connectivity index (χ2v) is 14.5. The number of sulfonamides is 1. The second kappa shape index (κ2) is 14.5. The SMILES string of the molecule is COc1cc(C)c(S(=O)(=O)N2CCCCC2COCC(=O)NC2CCC(C(c3ccccc3)N3CCCC3)CC2)c(C)c1. The number of ether oxygens (including phenoxy) is 2. The van der Waals surface area contributed by atoms with Crippen molar-refractivity contribution < 1.29 is 22.7 Å². The van der Waals surface area contributed by atoms with Crippen LogP contribution in [0.3, 0.4) is 0 Å². The van der Waals surface area contributed by atoms with Gasteiger partial charge < -0.3 is 14.8 Å². The van der Waals surface area contributed by atoms with Gasteiger partial charge in [-0.05, 0) is 113 Å². The average Bonchev–Trinajstić information content (AvgIpc) is 3.53. The smallest absolute Gasteiger partial charge is 0.246 e. The lowest BCUT2D eigenvalue weighted by atomic mass is 9.78. The van der Waals surface area contributed by atoms with Gasteiger partial charge in [0.2, 0.25) is 15.9 Å².